The van der Waals surface area contributed by atoms with Crippen LogP contribution in [0.2, 0.25) is 0 Å². The van der Waals surface area contributed by atoms with Crippen LogP contribution in [0.25, 0.3) is 0 Å². The fraction of sp³-hybridized carbons (Fsp3) is 0.0909. The van der Waals surface area contributed by atoms with E-state index >= 15 is 0 Å². The smallest absolute Gasteiger partial charge is 0.340 e. The molecule has 16 heavy (non-hydrogen) atoms. The number of nitrogens with zero attached hydrogens (tertiary/aromatic N) is 2. The molecule has 1 heterocycles. The van der Waals surface area contributed by atoms with Gasteiger partial charge in [0.2, 0.25) is 0 Å². The second-order valence-corrected chi connectivity index (χ2v) is 4.17. The molecule has 0 spiro atoms. The van der Waals surface area contributed by atoms with E-state index in [0.717, 1.165) is 15.7 Å². The molecule has 2 aromatic rings. The lowest BCUT2D eigenvalue weighted by Crippen LogP contribution is -2.07. The normalized spacial score (nSPS) is 9.88. The summed E-state index contributed by atoms with van der Waals surface area (Å²) in [5.74, 6) is 0. The van der Waals surface area contributed by atoms with Crippen molar-refractivity contribution in [3.8, 4) is 6.01 Å². The highest BCUT2D eigenvalue weighted by Crippen LogP contribution is 2.12. The molecule has 82 valence electrons. The maximum atomic E-state index is 5.21. The van der Waals surface area contributed by atoms with E-state index in [-0.39, 0.29) is 6.01 Å². The largest absolute Gasteiger partial charge is 0.342 e. The van der Waals surface area contributed by atoms with Gasteiger partial charge in [-0.25, -0.2) is 15.4 Å². The molecule has 0 aliphatic heterocycles. The summed E-state index contributed by atoms with van der Waals surface area (Å²) in [6, 6.07) is 8.12. The first-order valence-corrected chi connectivity index (χ1v) is 5.50. The van der Waals surface area contributed by atoms with E-state index < -0.39 is 0 Å². The monoisotopic (exact) mass is 279 g/mol. The Morgan fingerprint density at radius 3 is 2.69 bits per heavy atom. The zero-order valence-corrected chi connectivity index (χ0v) is 10.2. The van der Waals surface area contributed by atoms with E-state index in [9.17, 15) is 0 Å². The number of benzene rings is 1. The maximum Gasteiger partial charge on any atom is 0.342 e. The van der Waals surface area contributed by atoms with Crippen LogP contribution in [-0.4, -0.2) is 9.97 Å². The first-order valence-electron chi connectivity index (χ1n) is 4.71. The Bertz CT molecular complexity index is 473. The summed E-state index contributed by atoms with van der Waals surface area (Å²) < 4.78 is 0.815. The number of anilines is 1. The lowest BCUT2D eigenvalue weighted by Gasteiger charge is -2.06. The Morgan fingerprint density at radius 2 is 2.00 bits per heavy atom. The molecule has 0 aliphatic carbocycles. The van der Waals surface area contributed by atoms with Crippen molar-refractivity contribution in [1.29, 1.82) is 0 Å². The molecule has 0 bridgehead atoms. The molecule has 0 unspecified atom stereocenters. The SMILES string of the molecule is Cc1cccc(NOc2ncc(Br)cn2)c1. The molecule has 0 saturated carbocycles. The van der Waals surface area contributed by atoms with Crippen LogP contribution < -0.4 is 10.3 Å². The van der Waals surface area contributed by atoms with Gasteiger partial charge < -0.3 is 4.84 Å². The van der Waals surface area contributed by atoms with E-state index in [1.165, 1.54) is 0 Å². The van der Waals surface area contributed by atoms with Gasteiger partial charge in [0.15, 0.2) is 0 Å². The molecule has 2 rings (SSSR count). The van der Waals surface area contributed by atoms with E-state index in [4.69, 9.17) is 4.84 Å². The number of rotatable bonds is 3. The summed E-state index contributed by atoms with van der Waals surface area (Å²) in [4.78, 5) is 13.2. The lowest BCUT2D eigenvalue weighted by molar-refractivity contribution is 0.371. The summed E-state index contributed by atoms with van der Waals surface area (Å²) in [5.41, 5.74) is 4.81. The van der Waals surface area contributed by atoms with Gasteiger partial charge >= 0.3 is 6.01 Å². The summed E-state index contributed by atoms with van der Waals surface area (Å²) in [6.45, 7) is 2.02. The van der Waals surface area contributed by atoms with E-state index in [1.54, 1.807) is 12.4 Å². The zero-order valence-electron chi connectivity index (χ0n) is 8.64. The number of aryl methyl sites for hydroxylation is 1. The van der Waals surface area contributed by atoms with E-state index in [2.05, 4.69) is 31.4 Å². The van der Waals surface area contributed by atoms with E-state index in [0.29, 0.717) is 0 Å². The molecule has 0 atom stereocenters. The maximum absolute atomic E-state index is 5.21. The zero-order chi connectivity index (χ0) is 11.4. The molecule has 0 fully saturated rings. The van der Waals surface area contributed by atoms with Gasteiger partial charge in [0.05, 0.1) is 10.2 Å². The summed E-state index contributed by atoms with van der Waals surface area (Å²) in [6.07, 6.45) is 3.25. The average molecular weight is 280 g/mol. The van der Waals surface area contributed by atoms with Crippen LogP contribution in [-0.2, 0) is 0 Å². The Labute approximate surface area is 102 Å². The van der Waals surface area contributed by atoms with Gasteiger partial charge in [-0.1, -0.05) is 12.1 Å². The first kappa shape index (κ1) is 10.9. The fourth-order valence-corrected chi connectivity index (χ4v) is 1.37. The topological polar surface area (TPSA) is 47.0 Å². The number of hydrogen-bond acceptors (Lipinski definition) is 4. The third kappa shape index (κ3) is 2.93. The van der Waals surface area contributed by atoms with Crippen molar-refractivity contribution >= 4 is 21.6 Å². The van der Waals surface area contributed by atoms with Crippen molar-refractivity contribution < 1.29 is 4.84 Å². The highest BCUT2D eigenvalue weighted by molar-refractivity contribution is 9.10. The second kappa shape index (κ2) is 4.94. The van der Waals surface area contributed by atoms with Gasteiger partial charge in [-0.15, -0.1) is 0 Å². The van der Waals surface area contributed by atoms with Crippen molar-refractivity contribution in [3.63, 3.8) is 0 Å². The van der Waals surface area contributed by atoms with Crippen molar-refractivity contribution in [2.24, 2.45) is 0 Å². The van der Waals surface area contributed by atoms with Gasteiger partial charge in [-0.05, 0) is 40.5 Å². The molecule has 0 aliphatic rings. The molecule has 1 N–H and O–H groups in total. The van der Waals surface area contributed by atoms with Crippen molar-refractivity contribution in [2.75, 3.05) is 5.48 Å². The minimum atomic E-state index is 0.282. The van der Waals surface area contributed by atoms with Crippen molar-refractivity contribution in [3.05, 3.63) is 46.7 Å². The Morgan fingerprint density at radius 1 is 1.25 bits per heavy atom. The average Bonchev–Trinajstić information content (AvgIpc) is 2.28. The van der Waals surface area contributed by atoms with Crippen LogP contribution in [0.1, 0.15) is 5.56 Å². The summed E-state index contributed by atoms with van der Waals surface area (Å²) >= 11 is 3.25. The van der Waals surface area contributed by atoms with Crippen LogP contribution in [0.5, 0.6) is 6.01 Å². The molecule has 4 nitrogen and oxygen atoms in total. The minimum absolute atomic E-state index is 0.282. The number of nitrogens with one attached hydrogen (secondary N) is 1. The van der Waals surface area contributed by atoms with Crippen LogP contribution >= 0.6 is 15.9 Å². The standard InChI is InChI=1S/C11H10BrN3O/c1-8-3-2-4-10(5-8)15-16-11-13-6-9(12)7-14-11/h2-7,15H,1H3. The van der Waals surface area contributed by atoms with Gasteiger partial charge in [0.25, 0.3) is 0 Å². The lowest BCUT2D eigenvalue weighted by atomic mass is 10.2. The third-order valence-corrected chi connectivity index (χ3v) is 2.28. The van der Waals surface area contributed by atoms with Crippen molar-refractivity contribution in [1.82, 2.24) is 9.97 Å². The molecular formula is C11H10BrN3O. The fourth-order valence-electron chi connectivity index (χ4n) is 1.17. The van der Waals surface area contributed by atoms with Crippen LogP contribution in [0, 0.1) is 6.92 Å². The van der Waals surface area contributed by atoms with Crippen LogP contribution in [0.4, 0.5) is 5.69 Å². The first-order chi connectivity index (χ1) is 7.74. The molecule has 0 amide bonds. The third-order valence-electron chi connectivity index (χ3n) is 1.87. The van der Waals surface area contributed by atoms with Gasteiger partial charge in [0, 0.05) is 12.4 Å². The van der Waals surface area contributed by atoms with Crippen LogP contribution in [0.15, 0.2) is 41.1 Å². The molecule has 0 saturated heterocycles. The highest BCUT2D eigenvalue weighted by atomic mass is 79.9. The Kier molecular flexibility index (Phi) is 3.36. The van der Waals surface area contributed by atoms with Gasteiger partial charge in [-0.3, -0.25) is 0 Å². The predicted molar refractivity (Wildman–Crippen MR) is 65.2 cm³/mol. The van der Waals surface area contributed by atoms with Crippen LogP contribution in [0.3, 0.4) is 0 Å². The number of hydrogen-bond donors (Lipinski definition) is 1. The van der Waals surface area contributed by atoms with Gasteiger partial charge in [0.1, 0.15) is 0 Å². The van der Waals surface area contributed by atoms with Gasteiger partial charge in [-0.2, -0.15) is 0 Å². The number of halogens is 1. The highest BCUT2D eigenvalue weighted by Gasteiger charge is 1.97. The molecule has 1 aromatic carbocycles. The summed E-state index contributed by atoms with van der Waals surface area (Å²) in [7, 11) is 0. The summed E-state index contributed by atoms with van der Waals surface area (Å²) in [5, 5.41) is 0. The Balaban J connectivity index is 1.99. The molecule has 0 radical (unpaired) electrons. The minimum Gasteiger partial charge on any atom is -0.340 e. The predicted octanol–water partition coefficient (Wildman–Crippen LogP) is 2.95. The molecule has 1 aromatic heterocycles. The van der Waals surface area contributed by atoms with Crippen molar-refractivity contribution in [2.45, 2.75) is 6.92 Å². The van der Waals surface area contributed by atoms with E-state index in [1.807, 2.05) is 31.2 Å². The number of aromatic nitrogens is 2. The molecular weight excluding hydrogens is 270 g/mol. The Hall–Kier alpha value is -1.62. The molecule has 5 heteroatoms. The second-order valence-electron chi connectivity index (χ2n) is 3.26. The quantitative estimate of drug-likeness (QED) is 0.878.